The molecule has 1 saturated heterocycles. The Kier molecular flexibility index (Phi) is 6.36. The van der Waals surface area contributed by atoms with Gasteiger partial charge < -0.3 is 4.90 Å². The van der Waals surface area contributed by atoms with Crippen LogP contribution in [0.1, 0.15) is 34.3 Å². The minimum atomic E-state index is -3.73. The maximum absolute atomic E-state index is 13.1. The number of carbonyl (C=O) groups excluding carboxylic acids is 2. The summed E-state index contributed by atoms with van der Waals surface area (Å²) in [6, 6.07) is 10.6. The summed E-state index contributed by atoms with van der Waals surface area (Å²) in [5, 5.41) is 0. The van der Waals surface area contributed by atoms with Crippen molar-refractivity contribution >= 4 is 44.5 Å². The van der Waals surface area contributed by atoms with E-state index in [9.17, 15) is 18.0 Å². The normalized spacial score (nSPS) is 15.2. The summed E-state index contributed by atoms with van der Waals surface area (Å²) in [7, 11) is -3.73. The van der Waals surface area contributed by atoms with Crippen molar-refractivity contribution in [2.45, 2.75) is 31.6 Å². The van der Waals surface area contributed by atoms with Gasteiger partial charge in [0.25, 0.3) is 0 Å². The van der Waals surface area contributed by atoms with Crippen molar-refractivity contribution in [1.82, 2.24) is 18.0 Å². The van der Waals surface area contributed by atoms with Crippen LogP contribution in [0.15, 0.2) is 41.3 Å². The average molecular weight is 473 g/mol. The molecule has 8 nitrogen and oxygen atoms in total. The number of Topliss-reactive ketones (excluding diaryl/α,β-unsaturated/α-hetero) is 1. The van der Waals surface area contributed by atoms with Crippen LogP contribution < -0.4 is 0 Å². The van der Waals surface area contributed by atoms with Gasteiger partial charge in [-0.2, -0.15) is 13.1 Å². The standard InChI is InChI=1S/C22H24N4O4S2/c1-15-6-7-16(2)17(14-15)19(27)8-9-21(28)25-10-12-26(13-11-25)32(29,30)20-5-3-4-18-22(20)24-31-23-18/h3-7,14H,8-13H2,1-2H3. The van der Waals surface area contributed by atoms with Crippen LogP contribution in [0.2, 0.25) is 0 Å². The summed E-state index contributed by atoms with van der Waals surface area (Å²) in [5.41, 5.74) is 3.49. The first-order chi connectivity index (χ1) is 15.3. The fraction of sp³-hybridized carbons (Fsp3) is 0.364. The summed E-state index contributed by atoms with van der Waals surface area (Å²) < 4.78 is 35.9. The molecule has 0 saturated carbocycles. The number of rotatable bonds is 6. The second-order valence-electron chi connectivity index (χ2n) is 7.91. The highest BCUT2D eigenvalue weighted by Gasteiger charge is 2.32. The molecule has 0 unspecified atom stereocenters. The van der Waals surface area contributed by atoms with E-state index in [1.54, 1.807) is 17.0 Å². The number of sulfonamides is 1. The van der Waals surface area contributed by atoms with Gasteiger partial charge in [-0.1, -0.05) is 23.8 Å². The second kappa shape index (κ2) is 9.05. The van der Waals surface area contributed by atoms with Gasteiger partial charge in [0.1, 0.15) is 15.9 Å². The molecule has 168 valence electrons. The van der Waals surface area contributed by atoms with Gasteiger partial charge in [-0.25, -0.2) is 8.42 Å². The van der Waals surface area contributed by atoms with Crippen molar-refractivity contribution in [2.75, 3.05) is 26.2 Å². The zero-order valence-corrected chi connectivity index (χ0v) is 19.6. The molecule has 1 aliphatic rings. The van der Waals surface area contributed by atoms with Crippen molar-refractivity contribution in [3.63, 3.8) is 0 Å². The first-order valence-corrected chi connectivity index (χ1v) is 12.5. The molecule has 0 atom stereocenters. The zero-order valence-electron chi connectivity index (χ0n) is 17.9. The predicted octanol–water partition coefficient (Wildman–Crippen LogP) is 2.80. The molecule has 0 radical (unpaired) electrons. The Labute approximate surface area is 191 Å². The molecule has 10 heteroatoms. The molecule has 0 N–H and O–H groups in total. The highest BCUT2D eigenvalue weighted by atomic mass is 32.2. The van der Waals surface area contributed by atoms with E-state index >= 15 is 0 Å². The third-order valence-corrected chi connectivity index (χ3v) is 8.19. The van der Waals surface area contributed by atoms with Gasteiger partial charge in [0.05, 0.1) is 11.7 Å². The van der Waals surface area contributed by atoms with Crippen LogP contribution in [-0.4, -0.2) is 64.2 Å². The van der Waals surface area contributed by atoms with E-state index in [0.717, 1.165) is 22.9 Å². The number of aryl methyl sites for hydroxylation is 2. The van der Waals surface area contributed by atoms with Crippen LogP contribution in [0.3, 0.4) is 0 Å². The molecular formula is C22H24N4O4S2. The number of hydrogen-bond donors (Lipinski definition) is 0. The number of nitrogens with zero attached hydrogens (tertiary/aromatic N) is 4. The smallest absolute Gasteiger partial charge is 0.245 e. The molecule has 1 fully saturated rings. The number of fused-ring (bicyclic) bond motifs is 1. The maximum Gasteiger partial charge on any atom is 0.245 e. The lowest BCUT2D eigenvalue weighted by Crippen LogP contribution is -2.50. The Hall–Kier alpha value is -2.69. The third kappa shape index (κ3) is 4.43. The molecule has 32 heavy (non-hydrogen) atoms. The first kappa shape index (κ1) is 22.5. The van der Waals surface area contributed by atoms with E-state index in [1.165, 1.54) is 10.4 Å². The molecule has 3 aromatic rings. The number of ketones is 1. The minimum absolute atomic E-state index is 0.0502. The first-order valence-electron chi connectivity index (χ1n) is 10.4. The zero-order chi connectivity index (χ0) is 22.9. The summed E-state index contributed by atoms with van der Waals surface area (Å²) in [4.78, 5) is 27.0. The highest BCUT2D eigenvalue weighted by Crippen LogP contribution is 2.25. The molecule has 4 rings (SSSR count). The Morgan fingerprint density at radius 3 is 2.50 bits per heavy atom. The van der Waals surface area contributed by atoms with Crippen LogP contribution in [0, 0.1) is 13.8 Å². The van der Waals surface area contributed by atoms with Gasteiger partial charge in [0.2, 0.25) is 15.9 Å². The summed E-state index contributed by atoms with van der Waals surface area (Å²) in [6.07, 6.45) is 0.253. The van der Waals surface area contributed by atoms with Crippen LogP contribution in [0.5, 0.6) is 0 Å². The number of aromatic nitrogens is 2. The van der Waals surface area contributed by atoms with Crippen molar-refractivity contribution in [3.8, 4) is 0 Å². The molecule has 1 aromatic heterocycles. The number of hydrogen-bond acceptors (Lipinski definition) is 7. The fourth-order valence-corrected chi connectivity index (χ4v) is 6.03. The van der Waals surface area contributed by atoms with Crippen LogP contribution in [-0.2, 0) is 14.8 Å². The minimum Gasteiger partial charge on any atom is -0.340 e. The summed E-state index contributed by atoms with van der Waals surface area (Å²) >= 11 is 0.978. The Morgan fingerprint density at radius 2 is 1.75 bits per heavy atom. The monoisotopic (exact) mass is 472 g/mol. The molecule has 0 aliphatic carbocycles. The lowest BCUT2D eigenvalue weighted by molar-refractivity contribution is -0.132. The lowest BCUT2D eigenvalue weighted by atomic mass is 9.99. The molecule has 2 aromatic carbocycles. The number of carbonyl (C=O) groups is 2. The molecule has 1 aliphatic heterocycles. The van der Waals surface area contributed by atoms with Crippen molar-refractivity contribution in [1.29, 1.82) is 0 Å². The molecule has 0 spiro atoms. The van der Waals surface area contributed by atoms with Crippen LogP contribution in [0.25, 0.3) is 11.0 Å². The Balaban J connectivity index is 1.36. The molecule has 1 amide bonds. The highest BCUT2D eigenvalue weighted by molar-refractivity contribution is 7.89. The molecule has 2 heterocycles. The molecular weight excluding hydrogens is 448 g/mol. The van der Waals surface area contributed by atoms with Crippen molar-refractivity contribution in [3.05, 3.63) is 53.1 Å². The van der Waals surface area contributed by atoms with Crippen molar-refractivity contribution < 1.29 is 18.0 Å². The number of benzene rings is 2. The third-order valence-electron chi connectivity index (χ3n) is 5.72. The quantitative estimate of drug-likeness (QED) is 0.512. The predicted molar refractivity (Wildman–Crippen MR) is 122 cm³/mol. The SMILES string of the molecule is Cc1ccc(C)c(C(=O)CCC(=O)N2CCN(S(=O)(=O)c3cccc4nsnc34)CC2)c1. The lowest BCUT2D eigenvalue weighted by Gasteiger charge is -2.34. The van der Waals surface area contributed by atoms with E-state index in [2.05, 4.69) is 8.75 Å². The van der Waals surface area contributed by atoms with Gasteiger partial charge in [-0.05, 0) is 37.6 Å². The van der Waals surface area contributed by atoms with E-state index in [0.29, 0.717) is 29.7 Å². The number of piperazine rings is 1. The van der Waals surface area contributed by atoms with Crippen LogP contribution >= 0.6 is 11.7 Å². The second-order valence-corrected chi connectivity index (χ2v) is 10.3. The largest absolute Gasteiger partial charge is 0.340 e. The summed E-state index contributed by atoms with van der Waals surface area (Å²) in [5.74, 6) is -0.183. The van der Waals surface area contributed by atoms with Gasteiger partial charge in [-0.3, -0.25) is 9.59 Å². The topological polar surface area (TPSA) is 101 Å². The maximum atomic E-state index is 13.1. The van der Waals surface area contributed by atoms with E-state index in [-0.39, 0.29) is 42.5 Å². The van der Waals surface area contributed by atoms with E-state index < -0.39 is 10.0 Å². The summed E-state index contributed by atoms with van der Waals surface area (Å²) in [6.45, 7) is 4.80. The van der Waals surface area contributed by atoms with Gasteiger partial charge in [0.15, 0.2) is 5.78 Å². The van der Waals surface area contributed by atoms with Gasteiger partial charge in [0, 0.05) is 44.6 Å². The van der Waals surface area contributed by atoms with E-state index in [1.807, 2.05) is 32.0 Å². The van der Waals surface area contributed by atoms with Gasteiger partial charge >= 0.3 is 0 Å². The number of amides is 1. The van der Waals surface area contributed by atoms with E-state index in [4.69, 9.17) is 0 Å². The van der Waals surface area contributed by atoms with Crippen LogP contribution in [0.4, 0.5) is 0 Å². The Bertz CT molecular complexity index is 1280. The van der Waals surface area contributed by atoms with Crippen molar-refractivity contribution in [2.24, 2.45) is 0 Å². The fourth-order valence-electron chi connectivity index (χ4n) is 3.86. The Morgan fingerprint density at radius 1 is 1.00 bits per heavy atom. The van der Waals surface area contributed by atoms with Gasteiger partial charge in [-0.15, -0.1) is 0 Å². The molecule has 0 bridgehead atoms. The average Bonchev–Trinajstić information content (AvgIpc) is 3.27.